The summed E-state index contributed by atoms with van der Waals surface area (Å²) in [7, 11) is 3.30. The van der Waals surface area contributed by atoms with Crippen LogP contribution in [0.2, 0.25) is 0 Å². The van der Waals surface area contributed by atoms with Crippen molar-refractivity contribution in [2.75, 3.05) is 19.5 Å². The van der Waals surface area contributed by atoms with Crippen LogP contribution >= 0.6 is 0 Å². The van der Waals surface area contributed by atoms with E-state index in [1.807, 2.05) is 42.5 Å². The van der Waals surface area contributed by atoms with Gasteiger partial charge in [-0.3, -0.25) is 9.79 Å². The summed E-state index contributed by atoms with van der Waals surface area (Å²) in [4.78, 5) is 17.7. The molecule has 3 aliphatic rings. The fraction of sp³-hybridized carbons (Fsp3) is 0.400. The molecule has 59 heavy (non-hydrogen) atoms. The van der Waals surface area contributed by atoms with Crippen LogP contribution in [-0.4, -0.2) is 42.2 Å². The van der Waals surface area contributed by atoms with Gasteiger partial charge in [0.05, 0.1) is 7.11 Å². The van der Waals surface area contributed by atoms with E-state index < -0.39 is 6.10 Å². The Balaban J connectivity index is 1.18. The number of fused-ring (bicyclic) bond motifs is 9. The number of aliphatic hydroxyl groups is 1. The molecule has 310 valence electrons. The zero-order valence-electron chi connectivity index (χ0n) is 34.8. The molecule has 0 saturated heterocycles. The summed E-state index contributed by atoms with van der Waals surface area (Å²) in [6, 6.07) is 21.8. The van der Waals surface area contributed by atoms with Gasteiger partial charge < -0.3 is 35.5 Å². The molecule has 9 heteroatoms. The van der Waals surface area contributed by atoms with Crippen molar-refractivity contribution in [1.82, 2.24) is 0 Å². The Bertz CT molecular complexity index is 2230. The molecular formula is C50H59N3O6. The van der Waals surface area contributed by atoms with Gasteiger partial charge in [0.25, 0.3) is 0 Å². The lowest BCUT2D eigenvalue weighted by molar-refractivity contribution is -0.121. The Hall–Kier alpha value is -5.88. The first kappa shape index (κ1) is 42.7. The molecule has 9 nitrogen and oxygen atoms in total. The number of carbonyl (C=O) groups is 1. The lowest BCUT2D eigenvalue weighted by Crippen LogP contribution is -2.24. The first-order valence-corrected chi connectivity index (χ1v) is 21.1. The molecule has 0 radical (unpaired) electrons. The molecule has 4 aromatic carbocycles. The lowest BCUT2D eigenvalue weighted by Gasteiger charge is -2.28. The summed E-state index contributed by atoms with van der Waals surface area (Å²) in [5, 5.41) is 26.7. The number of ketones is 1. The topological polar surface area (TPSA) is 136 Å². The van der Waals surface area contributed by atoms with Crippen LogP contribution in [0.25, 0.3) is 10.8 Å². The monoisotopic (exact) mass is 797 g/mol. The van der Waals surface area contributed by atoms with E-state index in [4.69, 9.17) is 19.9 Å². The fourth-order valence-corrected chi connectivity index (χ4v) is 8.26. The molecule has 0 saturated carbocycles. The molecule has 0 fully saturated rings. The minimum absolute atomic E-state index is 0.0350. The highest BCUT2D eigenvalue weighted by atomic mass is 16.5. The van der Waals surface area contributed by atoms with Gasteiger partial charge in [-0.1, -0.05) is 74.6 Å². The summed E-state index contributed by atoms with van der Waals surface area (Å²) < 4.78 is 18.1. The summed E-state index contributed by atoms with van der Waals surface area (Å²) in [6.07, 6.45) is 18.4. The number of carbonyl (C=O) groups excluding carboxylic acids is 1. The van der Waals surface area contributed by atoms with Crippen LogP contribution in [0.15, 0.2) is 95.7 Å². The van der Waals surface area contributed by atoms with Crippen molar-refractivity contribution in [3.05, 3.63) is 119 Å². The zero-order chi connectivity index (χ0) is 41.6. The van der Waals surface area contributed by atoms with E-state index in [1.54, 1.807) is 26.3 Å². The summed E-state index contributed by atoms with van der Waals surface area (Å²) in [5.74, 6) is 5.37. The van der Waals surface area contributed by atoms with Gasteiger partial charge in [0.1, 0.15) is 36.1 Å². The average Bonchev–Trinajstić information content (AvgIpc) is 3.24. The van der Waals surface area contributed by atoms with Gasteiger partial charge >= 0.3 is 0 Å². The second-order valence-corrected chi connectivity index (χ2v) is 15.7. The van der Waals surface area contributed by atoms with Crippen LogP contribution in [0.1, 0.15) is 92.5 Å². The number of nitrogens with zero attached hydrogens (tertiary/aromatic N) is 1. The summed E-state index contributed by atoms with van der Waals surface area (Å²) >= 11 is 0. The Labute approximate surface area is 349 Å². The fourth-order valence-electron chi connectivity index (χ4n) is 8.26. The number of Topliss-reactive ketones (excluding diaryl/α,β-unsaturated/α-hetero) is 1. The Morgan fingerprint density at radius 2 is 1.83 bits per heavy atom. The number of methoxy groups -OCH3 is 1. The number of allylic oxidation sites excluding steroid dienone is 3. The highest BCUT2D eigenvalue weighted by molar-refractivity contribution is 5.93. The van der Waals surface area contributed by atoms with Crippen molar-refractivity contribution in [2.45, 2.75) is 103 Å². The third-order valence-corrected chi connectivity index (χ3v) is 11.5. The van der Waals surface area contributed by atoms with Crippen molar-refractivity contribution < 1.29 is 29.2 Å². The highest BCUT2D eigenvalue weighted by Gasteiger charge is 2.27. The van der Waals surface area contributed by atoms with Crippen molar-refractivity contribution in [2.24, 2.45) is 22.6 Å². The lowest BCUT2D eigenvalue weighted by atomic mass is 9.80. The predicted molar refractivity (Wildman–Crippen MR) is 237 cm³/mol. The Kier molecular flexibility index (Phi) is 15.4. The molecule has 3 atom stereocenters. The van der Waals surface area contributed by atoms with E-state index >= 15 is 0 Å². The quantitative estimate of drug-likeness (QED) is 0.0455. The van der Waals surface area contributed by atoms with Crippen LogP contribution in [0.3, 0.4) is 0 Å². The SMILES string of the molecule is CCCCCc1c(CCCC[C@@H]2C=CC(O)=C[C@@H]2C[C@H]2CC(=O)CCc3ccc(OC)c(c3)OCc3ccc4c(c(O)ccc4c3)CC#CO2)cccc1NC(N)=NC. The maximum absolute atomic E-state index is 13.6. The minimum atomic E-state index is -0.487. The van der Waals surface area contributed by atoms with Crippen LogP contribution in [0.5, 0.6) is 17.2 Å². The van der Waals surface area contributed by atoms with Crippen molar-refractivity contribution in [3.8, 4) is 29.3 Å². The molecule has 2 aliphatic heterocycles. The van der Waals surface area contributed by atoms with E-state index in [9.17, 15) is 15.0 Å². The number of aliphatic imine (C=N–C) groups is 1. The number of anilines is 1. The van der Waals surface area contributed by atoms with Crippen LogP contribution < -0.4 is 20.5 Å². The molecule has 0 aromatic heterocycles. The normalized spacial score (nSPS) is 18.5. The molecular weight excluding hydrogens is 739 g/mol. The van der Waals surface area contributed by atoms with Crippen molar-refractivity contribution in [3.63, 3.8) is 0 Å². The molecule has 7 rings (SSSR count). The van der Waals surface area contributed by atoms with Gasteiger partial charge in [0.15, 0.2) is 17.5 Å². The van der Waals surface area contributed by atoms with Gasteiger partial charge in [-0.2, -0.15) is 0 Å². The summed E-state index contributed by atoms with van der Waals surface area (Å²) in [5.41, 5.74) is 12.4. The van der Waals surface area contributed by atoms with E-state index in [0.29, 0.717) is 48.9 Å². The molecule has 6 bridgehead atoms. The molecule has 0 spiro atoms. The molecule has 4 aromatic rings. The maximum atomic E-state index is 13.6. The third-order valence-electron chi connectivity index (χ3n) is 11.5. The largest absolute Gasteiger partial charge is 0.508 e. The minimum Gasteiger partial charge on any atom is -0.508 e. The van der Waals surface area contributed by atoms with Crippen molar-refractivity contribution >= 4 is 28.2 Å². The van der Waals surface area contributed by atoms with E-state index in [2.05, 4.69) is 59.6 Å². The number of nitrogens with two attached hydrogens (primary N) is 1. The first-order chi connectivity index (χ1) is 28.7. The first-order valence-electron chi connectivity index (χ1n) is 21.1. The molecule has 5 N–H and O–H groups in total. The second kappa shape index (κ2) is 21.2. The number of unbranched alkanes of at least 4 members (excludes halogenated alkanes) is 3. The number of aryl methyl sites for hydroxylation is 2. The number of benzene rings is 4. The second-order valence-electron chi connectivity index (χ2n) is 15.7. The number of phenolic OH excluding ortho intramolecular Hbond substituents is 1. The van der Waals surface area contributed by atoms with Crippen LogP contribution in [0.4, 0.5) is 5.69 Å². The maximum Gasteiger partial charge on any atom is 0.192 e. The Morgan fingerprint density at radius 3 is 2.66 bits per heavy atom. The number of aliphatic hydroxyl groups excluding tert-OH is 1. The Morgan fingerprint density at radius 1 is 0.983 bits per heavy atom. The number of phenols is 1. The average molecular weight is 798 g/mol. The van der Waals surface area contributed by atoms with Crippen molar-refractivity contribution in [1.29, 1.82) is 0 Å². The van der Waals surface area contributed by atoms with Gasteiger partial charge in [0, 0.05) is 37.6 Å². The van der Waals surface area contributed by atoms with E-state index in [0.717, 1.165) is 72.5 Å². The molecule has 2 heterocycles. The van der Waals surface area contributed by atoms with Crippen LogP contribution in [0, 0.1) is 23.9 Å². The highest BCUT2D eigenvalue weighted by Crippen LogP contribution is 2.34. The zero-order valence-corrected chi connectivity index (χ0v) is 34.8. The van der Waals surface area contributed by atoms with Gasteiger partial charge in [-0.25, -0.2) is 0 Å². The molecule has 0 unspecified atom stereocenters. The number of guanidine groups is 1. The predicted octanol–water partition coefficient (Wildman–Crippen LogP) is 10.1. The molecule has 0 amide bonds. The summed E-state index contributed by atoms with van der Waals surface area (Å²) in [6.45, 7) is 2.55. The van der Waals surface area contributed by atoms with E-state index in [1.165, 1.54) is 17.5 Å². The number of hydrogen-bond acceptors (Lipinski definition) is 7. The van der Waals surface area contributed by atoms with E-state index in [-0.39, 0.29) is 42.0 Å². The standard InChI is InChI=1S/C50H59N3O6/c1-4-5-6-14-44-37(13-9-16-46(44)53-50(51)52-2)12-8-7-11-36-20-23-40(54)30-39(36)31-42-32-41(55)22-17-34-19-26-48(57-3)49(29-34)59-33-35-18-24-43-38(28-35)21-25-47(56)45(43)15-10-27-58-42/h9,13,16,18-21,23-26,28-30,36,39,42,54,56H,4-8,11-12,14-15,17,22,31-33H2,1-3H3,(H3,51,52,53)/t36-,39-,42+/m1/s1. The van der Waals surface area contributed by atoms with Crippen LogP contribution in [-0.2, 0) is 41.8 Å². The third kappa shape index (κ3) is 11.8. The number of nitrogens with one attached hydrogen (secondary N) is 1. The number of aromatic hydroxyl groups is 1. The number of ether oxygens (including phenoxy) is 3. The van der Waals surface area contributed by atoms with Gasteiger partial charge in [0.2, 0.25) is 0 Å². The number of hydrogen-bond donors (Lipinski definition) is 4. The van der Waals surface area contributed by atoms with Gasteiger partial charge in [-0.15, -0.1) is 0 Å². The number of rotatable bonds is 13. The van der Waals surface area contributed by atoms with Gasteiger partial charge in [-0.05, 0) is 132 Å². The smallest absolute Gasteiger partial charge is 0.192 e. The molecule has 1 aliphatic carbocycles.